The number of hydrogen-bond donors (Lipinski definition) is 4. The average molecular weight is 809 g/mol. The van der Waals surface area contributed by atoms with Gasteiger partial charge in [-0.3, -0.25) is 27.5 Å². The van der Waals surface area contributed by atoms with Gasteiger partial charge in [-0.1, -0.05) is 38.2 Å². The molecule has 0 saturated carbocycles. The molecule has 2 unspecified atom stereocenters. The Morgan fingerprint density at radius 3 is 2.43 bits per heavy atom. The molecular weight excluding hydrogens is 774 g/mol. The zero-order chi connectivity index (χ0) is 36.7. The maximum Gasteiger partial charge on any atom is 0.386 e. The Balaban J connectivity index is 1.26. The van der Waals surface area contributed by atoms with E-state index in [2.05, 4.69) is 47.6 Å². The Hall–Kier alpha value is -2.31. The summed E-state index contributed by atoms with van der Waals surface area (Å²) in [6.07, 6.45) is -7.19. The number of halogens is 1. The summed E-state index contributed by atoms with van der Waals surface area (Å²) in [5.41, 5.74) is 5.65. The van der Waals surface area contributed by atoms with Crippen LogP contribution < -0.4 is 11.3 Å². The number of fused-ring (bicyclic) bond motifs is 5. The number of anilines is 1. The molecule has 0 aromatic carbocycles. The van der Waals surface area contributed by atoms with E-state index in [4.69, 9.17) is 49.5 Å². The highest BCUT2D eigenvalue weighted by Crippen LogP contribution is 2.59. The zero-order valence-corrected chi connectivity index (χ0v) is 32.2. The topological polar surface area (TPSA) is 248 Å². The van der Waals surface area contributed by atoms with Crippen molar-refractivity contribution < 1.29 is 45.8 Å². The number of aromatic nitrogens is 9. The molecule has 4 N–H and O–H groups in total. The number of nitrogens with zero attached hydrogens (tertiary/aromatic N) is 8. The Labute approximate surface area is 299 Å². The van der Waals surface area contributed by atoms with Crippen LogP contribution in [0.2, 0.25) is 18.1 Å². The second-order valence-corrected chi connectivity index (χ2v) is 24.1. The molecule has 4 aromatic heterocycles. The van der Waals surface area contributed by atoms with E-state index in [0.29, 0.717) is 0 Å². The summed E-state index contributed by atoms with van der Waals surface area (Å²) in [7, 11) is -2.66. The summed E-state index contributed by atoms with van der Waals surface area (Å²) in [5, 5.41) is 9.55. The number of hydrogen-bond acceptors (Lipinski definition) is 17. The van der Waals surface area contributed by atoms with E-state index in [1.165, 1.54) is 28.1 Å². The molecule has 3 fully saturated rings. The lowest BCUT2D eigenvalue weighted by atomic mass is 10.1. The van der Waals surface area contributed by atoms with E-state index in [0.717, 1.165) is 0 Å². The fourth-order valence-electron chi connectivity index (χ4n) is 5.75. The standard InChI is InChI=1S/C25H35FN10O10P2S2Si/c1-25(2,3)51(4,5)46-17-12-7-41-47(38,49)44-16-11(42-23(13(16)26)35-9-30-14-19(27)28-8-29-20(14)35)6-40-48(39,50)45-18(17)24(43-12)36-10-31-15-21(36)32-34-33-22(15)37/h8-13,16-18,23-24H,6-7H2,1-5H3,(H,38,49)(H,39,50)(H2,27,28,29)(H,32,33,37)/t11-,12-,13-,16-,17-,18-,23-,24-,47?,48?/m1/s1. The van der Waals surface area contributed by atoms with Crippen LogP contribution >= 0.6 is 25.8 Å². The number of rotatable bonds is 4. The lowest BCUT2D eigenvalue weighted by Crippen LogP contribution is -2.50. The van der Waals surface area contributed by atoms with Crippen molar-refractivity contribution in [1.29, 1.82) is 0 Å². The predicted octanol–water partition coefficient (Wildman–Crippen LogP) is 2.53. The SMILES string of the molecule is CC(C)(C)[Si](C)(C)O[C@H]1[C@H]2OP(=O)(S)OC[C@H]3O[C@@H](n4cnc5c(N)ncnc54)[C@H](F)[C@@H]3OP(O)(=S)OC[C@H]1O[C@H]2n1cnc2c(=O)[nH]nnc21. The minimum Gasteiger partial charge on any atom is -0.408 e. The quantitative estimate of drug-likeness (QED) is 0.131. The highest BCUT2D eigenvalue weighted by molar-refractivity contribution is 8.44. The molecule has 3 saturated heterocycles. The predicted molar refractivity (Wildman–Crippen MR) is 185 cm³/mol. The van der Waals surface area contributed by atoms with E-state index in [9.17, 15) is 14.3 Å². The second kappa shape index (κ2) is 13.2. The number of imidazole rings is 2. The summed E-state index contributed by atoms with van der Waals surface area (Å²) in [5.74, 6) is 0.0650. The number of thiol groups is 1. The first-order chi connectivity index (χ1) is 23.9. The van der Waals surface area contributed by atoms with Crippen molar-refractivity contribution in [3.05, 3.63) is 29.3 Å². The van der Waals surface area contributed by atoms with Crippen LogP contribution in [0.1, 0.15) is 33.2 Å². The molecule has 20 nitrogen and oxygen atoms in total. The van der Waals surface area contributed by atoms with Crippen LogP contribution in [0.3, 0.4) is 0 Å². The molecule has 3 aliphatic rings. The van der Waals surface area contributed by atoms with E-state index in [-0.39, 0.29) is 33.2 Å². The molecule has 0 aliphatic carbocycles. The van der Waals surface area contributed by atoms with Crippen molar-refractivity contribution in [2.45, 2.75) is 88.1 Å². The normalized spacial score (nSPS) is 35.4. The molecule has 0 spiro atoms. The van der Waals surface area contributed by atoms with Gasteiger partial charge in [0, 0.05) is 0 Å². The number of nitrogens with two attached hydrogens (primary N) is 1. The van der Waals surface area contributed by atoms with Gasteiger partial charge in [0.05, 0.1) is 25.9 Å². The first-order valence-electron chi connectivity index (χ1n) is 15.5. The van der Waals surface area contributed by atoms with Gasteiger partial charge in [0.2, 0.25) is 0 Å². The number of ether oxygens (including phenoxy) is 2. The van der Waals surface area contributed by atoms with Crippen molar-refractivity contribution in [3.63, 3.8) is 0 Å². The Morgan fingerprint density at radius 2 is 1.71 bits per heavy atom. The molecule has 4 aromatic rings. The third-order valence-corrected chi connectivity index (χ3v) is 17.0. The van der Waals surface area contributed by atoms with Crippen LogP contribution in [-0.4, -0.2) is 108 Å². The zero-order valence-electron chi connectivity index (χ0n) is 27.7. The first kappa shape index (κ1) is 37.0. The monoisotopic (exact) mass is 808 g/mol. The van der Waals surface area contributed by atoms with E-state index in [1.807, 2.05) is 33.9 Å². The van der Waals surface area contributed by atoms with Crippen LogP contribution in [0, 0.1) is 0 Å². The van der Waals surface area contributed by atoms with Crippen molar-refractivity contribution in [2.75, 3.05) is 18.9 Å². The number of nitrogens with one attached hydrogen (secondary N) is 1. The third-order valence-electron chi connectivity index (χ3n) is 9.32. The lowest BCUT2D eigenvalue weighted by molar-refractivity contribution is -0.0583. The van der Waals surface area contributed by atoms with Crippen molar-refractivity contribution in [1.82, 2.24) is 44.5 Å². The highest BCUT2D eigenvalue weighted by Gasteiger charge is 2.56. The number of alkyl halides is 1. The van der Waals surface area contributed by atoms with Gasteiger partial charge in [0.1, 0.15) is 42.4 Å². The highest BCUT2D eigenvalue weighted by atomic mass is 32.7. The smallest absolute Gasteiger partial charge is 0.386 e. The van der Waals surface area contributed by atoms with Crippen molar-refractivity contribution in [3.8, 4) is 0 Å². The molecule has 2 bridgehead atoms. The first-order valence-corrected chi connectivity index (χ1v) is 23.7. The molecule has 26 heteroatoms. The molecule has 278 valence electrons. The molecule has 51 heavy (non-hydrogen) atoms. The van der Waals surface area contributed by atoms with Gasteiger partial charge >= 0.3 is 13.5 Å². The largest absolute Gasteiger partial charge is 0.408 e. The minimum atomic E-state index is -4.40. The van der Waals surface area contributed by atoms with Gasteiger partial charge in [-0.25, -0.2) is 34.0 Å². The van der Waals surface area contributed by atoms with Gasteiger partial charge in [0.15, 0.2) is 49.6 Å². The number of H-pyrrole nitrogens is 1. The average Bonchev–Trinajstić information content (AvgIpc) is 3.80. The third kappa shape index (κ3) is 6.95. The summed E-state index contributed by atoms with van der Waals surface area (Å²) < 4.78 is 75.6. The molecule has 0 amide bonds. The Morgan fingerprint density at radius 1 is 1.04 bits per heavy atom. The molecular formula is C25H35FN10O10P2S2Si. The van der Waals surface area contributed by atoms with Crippen LogP contribution in [0.25, 0.3) is 22.3 Å². The van der Waals surface area contributed by atoms with Gasteiger partial charge < -0.3 is 29.1 Å². The van der Waals surface area contributed by atoms with E-state index < -0.39 is 89.8 Å². The molecule has 7 rings (SSSR count). The summed E-state index contributed by atoms with van der Waals surface area (Å²) in [6.45, 7) is 0.299. The Kier molecular flexibility index (Phi) is 9.59. The van der Waals surface area contributed by atoms with Crippen molar-refractivity contribution in [2.24, 2.45) is 0 Å². The van der Waals surface area contributed by atoms with Crippen LogP contribution in [0.4, 0.5) is 10.2 Å². The Bertz CT molecular complexity index is 2120. The molecule has 10 atom stereocenters. The van der Waals surface area contributed by atoms with Gasteiger partial charge in [0.25, 0.3) is 5.56 Å². The van der Waals surface area contributed by atoms with Gasteiger partial charge in [-0.2, -0.15) is 0 Å². The molecule has 3 aliphatic heterocycles. The summed E-state index contributed by atoms with van der Waals surface area (Å²) in [4.78, 5) is 40.1. The second-order valence-electron chi connectivity index (χ2n) is 13.6. The summed E-state index contributed by atoms with van der Waals surface area (Å²) >= 11 is 9.64. The van der Waals surface area contributed by atoms with Crippen LogP contribution in [-0.2, 0) is 48.4 Å². The van der Waals surface area contributed by atoms with Crippen LogP contribution in [0.5, 0.6) is 0 Å². The van der Waals surface area contributed by atoms with Gasteiger partial charge in [-0.15, -0.1) is 5.10 Å². The van der Waals surface area contributed by atoms with E-state index in [1.54, 1.807) is 0 Å². The lowest BCUT2D eigenvalue weighted by Gasteiger charge is -2.40. The number of nitrogen functional groups attached to an aromatic ring is 1. The maximum atomic E-state index is 16.3. The van der Waals surface area contributed by atoms with Crippen LogP contribution in [0.15, 0.2) is 23.8 Å². The minimum absolute atomic E-state index is 0.0258. The van der Waals surface area contributed by atoms with Crippen molar-refractivity contribution >= 4 is 74.0 Å². The van der Waals surface area contributed by atoms with E-state index >= 15 is 4.39 Å². The molecule has 7 heterocycles. The fourth-order valence-corrected chi connectivity index (χ4v) is 9.96. The number of aromatic amines is 1. The molecule has 0 radical (unpaired) electrons. The fraction of sp³-hybridized carbons (Fsp3) is 0.640. The van der Waals surface area contributed by atoms with Gasteiger partial charge in [-0.05, 0) is 29.9 Å². The maximum absolute atomic E-state index is 16.3. The summed E-state index contributed by atoms with van der Waals surface area (Å²) in [6, 6.07) is 0.